The monoisotopic (exact) mass is 432 g/mol. The van der Waals surface area contributed by atoms with E-state index in [9.17, 15) is 10.2 Å². The molecule has 0 aromatic heterocycles. The molecule has 1 heterocycles. The number of hydrogen-bond acceptors (Lipinski definition) is 4. The molecule has 178 valence electrons. The molecule has 31 heavy (non-hydrogen) atoms. The highest BCUT2D eigenvalue weighted by Crippen LogP contribution is 2.23. The van der Waals surface area contributed by atoms with E-state index < -0.39 is 11.7 Å². The number of rotatable bonds is 14. The Morgan fingerprint density at radius 2 is 1.68 bits per heavy atom. The van der Waals surface area contributed by atoms with Crippen LogP contribution in [0.15, 0.2) is 30.3 Å². The van der Waals surface area contributed by atoms with E-state index in [0.717, 1.165) is 51.2 Å². The van der Waals surface area contributed by atoms with Crippen LogP contribution in [0.5, 0.6) is 0 Å². The predicted molar refractivity (Wildman–Crippen MR) is 131 cm³/mol. The molecule has 1 aliphatic heterocycles. The molecular formula is C27H48N2O2. The highest BCUT2D eigenvalue weighted by molar-refractivity contribution is 5.14. The lowest BCUT2D eigenvalue weighted by atomic mass is 9.88. The second kappa shape index (κ2) is 13.6. The van der Waals surface area contributed by atoms with Crippen molar-refractivity contribution in [3.63, 3.8) is 0 Å². The van der Waals surface area contributed by atoms with Crippen molar-refractivity contribution in [1.29, 1.82) is 0 Å². The second-order valence-electron chi connectivity index (χ2n) is 10.6. The highest BCUT2D eigenvalue weighted by Gasteiger charge is 2.30. The van der Waals surface area contributed by atoms with Crippen LogP contribution in [0.2, 0.25) is 0 Å². The first-order chi connectivity index (χ1) is 14.8. The number of aliphatic hydroxyl groups is 2. The van der Waals surface area contributed by atoms with Crippen molar-refractivity contribution in [2.75, 3.05) is 19.6 Å². The van der Waals surface area contributed by atoms with Crippen LogP contribution >= 0.6 is 0 Å². The van der Waals surface area contributed by atoms with Crippen molar-refractivity contribution in [3.05, 3.63) is 35.9 Å². The molecule has 3 unspecified atom stereocenters. The first kappa shape index (κ1) is 26.3. The molecular weight excluding hydrogens is 384 g/mol. The van der Waals surface area contributed by atoms with Crippen LogP contribution in [0.3, 0.4) is 0 Å². The maximum absolute atomic E-state index is 10.8. The maximum Gasteiger partial charge on any atom is 0.0948 e. The van der Waals surface area contributed by atoms with Crippen molar-refractivity contribution in [3.8, 4) is 0 Å². The number of nitrogens with one attached hydrogen (secondary N) is 1. The molecule has 3 N–H and O–H groups in total. The van der Waals surface area contributed by atoms with E-state index in [1.54, 1.807) is 6.92 Å². The fraction of sp³-hybridized carbons (Fsp3) is 0.778. The first-order valence-corrected chi connectivity index (χ1v) is 12.7. The SMILES string of the molecule is CC(C)CCCC(C)CCCC(C)(O)C(O)CNC1CCN(Cc2ccccc2)CC1. The Morgan fingerprint density at radius 1 is 1.03 bits per heavy atom. The summed E-state index contributed by atoms with van der Waals surface area (Å²) in [6.07, 6.45) is 8.12. The molecule has 1 saturated heterocycles. The fourth-order valence-corrected chi connectivity index (χ4v) is 4.63. The van der Waals surface area contributed by atoms with E-state index in [4.69, 9.17) is 0 Å². The minimum absolute atomic E-state index is 0.429. The number of benzene rings is 1. The van der Waals surface area contributed by atoms with Gasteiger partial charge in [0.1, 0.15) is 0 Å². The van der Waals surface area contributed by atoms with Crippen molar-refractivity contribution in [2.45, 2.75) is 103 Å². The Labute approximate surface area is 191 Å². The summed E-state index contributed by atoms with van der Waals surface area (Å²) in [5.41, 5.74) is 0.355. The molecule has 0 saturated carbocycles. The third-order valence-corrected chi connectivity index (χ3v) is 7.01. The molecule has 0 radical (unpaired) electrons. The smallest absolute Gasteiger partial charge is 0.0948 e. The van der Waals surface area contributed by atoms with E-state index in [-0.39, 0.29) is 0 Å². The average molecular weight is 433 g/mol. The number of likely N-dealkylation sites (tertiary alicyclic amines) is 1. The number of nitrogens with zero attached hydrogens (tertiary/aromatic N) is 1. The van der Waals surface area contributed by atoms with Gasteiger partial charge in [-0.15, -0.1) is 0 Å². The molecule has 1 aromatic rings. The van der Waals surface area contributed by atoms with E-state index in [1.165, 1.54) is 24.8 Å². The molecule has 4 nitrogen and oxygen atoms in total. The molecule has 1 fully saturated rings. The van der Waals surface area contributed by atoms with Gasteiger partial charge in [-0.05, 0) is 56.7 Å². The van der Waals surface area contributed by atoms with Crippen molar-refractivity contribution in [1.82, 2.24) is 10.2 Å². The Hall–Kier alpha value is -0.940. The van der Waals surface area contributed by atoms with Gasteiger partial charge in [-0.25, -0.2) is 0 Å². The predicted octanol–water partition coefficient (Wildman–Crippen LogP) is 4.99. The summed E-state index contributed by atoms with van der Waals surface area (Å²) in [6, 6.07) is 11.1. The van der Waals surface area contributed by atoms with Crippen LogP contribution < -0.4 is 5.32 Å². The van der Waals surface area contributed by atoms with Crippen LogP contribution in [0, 0.1) is 11.8 Å². The molecule has 2 rings (SSSR count). The van der Waals surface area contributed by atoms with Crippen LogP contribution in [-0.2, 0) is 6.54 Å². The third-order valence-electron chi connectivity index (χ3n) is 7.01. The Morgan fingerprint density at radius 3 is 2.32 bits per heavy atom. The Balaban J connectivity index is 1.59. The fourth-order valence-electron chi connectivity index (χ4n) is 4.63. The van der Waals surface area contributed by atoms with E-state index >= 15 is 0 Å². The van der Waals surface area contributed by atoms with Gasteiger partial charge in [0, 0.05) is 19.1 Å². The Kier molecular flexibility index (Phi) is 11.5. The van der Waals surface area contributed by atoms with E-state index in [0.29, 0.717) is 24.9 Å². The van der Waals surface area contributed by atoms with E-state index in [2.05, 4.69) is 61.3 Å². The van der Waals surface area contributed by atoms with Crippen molar-refractivity contribution in [2.24, 2.45) is 11.8 Å². The largest absolute Gasteiger partial charge is 0.389 e. The lowest BCUT2D eigenvalue weighted by molar-refractivity contribution is -0.0683. The average Bonchev–Trinajstić information content (AvgIpc) is 2.73. The van der Waals surface area contributed by atoms with E-state index in [1.807, 2.05) is 0 Å². The molecule has 4 heteroatoms. The molecule has 1 aromatic carbocycles. The minimum Gasteiger partial charge on any atom is -0.389 e. The summed E-state index contributed by atoms with van der Waals surface area (Å²) in [5, 5.41) is 24.9. The lowest BCUT2D eigenvalue weighted by Gasteiger charge is -2.35. The molecule has 1 aliphatic rings. The van der Waals surface area contributed by atoms with Gasteiger partial charge in [0.15, 0.2) is 0 Å². The van der Waals surface area contributed by atoms with Crippen LogP contribution in [-0.4, -0.2) is 52.5 Å². The summed E-state index contributed by atoms with van der Waals surface area (Å²) in [4.78, 5) is 2.50. The van der Waals surface area contributed by atoms with Gasteiger partial charge in [0.05, 0.1) is 11.7 Å². The zero-order valence-corrected chi connectivity index (χ0v) is 20.5. The van der Waals surface area contributed by atoms with Crippen LogP contribution in [0.1, 0.15) is 84.6 Å². The molecule has 0 amide bonds. The summed E-state index contributed by atoms with van der Waals surface area (Å²) in [6.45, 7) is 12.3. The number of aliphatic hydroxyl groups excluding tert-OH is 1. The standard InChI is InChI=1S/C27H48N2O2/c1-22(2)10-8-11-23(3)12-9-17-27(4,31)26(30)20-28-25-15-18-29(19-16-25)21-24-13-6-5-7-14-24/h5-7,13-14,22-23,25-26,28,30-31H,8-12,15-21H2,1-4H3. The molecule has 3 atom stereocenters. The maximum atomic E-state index is 10.8. The second-order valence-corrected chi connectivity index (χ2v) is 10.6. The summed E-state index contributed by atoms with van der Waals surface area (Å²) in [5.74, 6) is 1.48. The molecule has 0 spiro atoms. The summed E-state index contributed by atoms with van der Waals surface area (Å²) < 4.78 is 0. The molecule has 0 bridgehead atoms. The van der Waals surface area contributed by atoms with Gasteiger partial charge in [-0.1, -0.05) is 83.2 Å². The number of piperidine rings is 1. The third kappa shape index (κ3) is 10.5. The van der Waals surface area contributed by atoms with Crippen LogP contribution in [0.25, 0.3) is 0 Å². The normalized spacial score (nSPS) is 20.0. The lowest BCUT2D eigenvalue weighted by Crippen LogP contribution is -2.50. The number of hydrogen-bond donors (Lipinski definition) is 3. The van der Waals surface area contributed by atoms with Crippen LogP contribution in [0.4, 0.5) is 0 Å². The van der Waals surface area contributed by atoms with Gasteiger partial charge in [0.2, 0.25) is 0 Å². The van der Waals surface area contributed by atoms with Gasteiger partial charge >= 0.3 is 0 Å². The summed E-state index contributed by atoms with van der Waals surface area (Å²) in [7, 11) is 0. The molecule has 0 aliphatic carbocycles. The van der Waals surface area contributed by atoms with Crippen molar-refractivity contribution >= 4 is 0 Å². The minimum atomic E-state index is -1.02. The first-order valence-electron chi connectivity index (χ1n) is 12.7. The summed E-state index contributed by atoms with van der Waals surface area (Å²) >= 11 is 0. The van der Waals surface area contributed by atoms with Crippen molar-refractivity contribution < 1.29 is 10.2 Å². The van der Waals surface area contributed by atoms with Gasteiger partial charge in [-0.2, -0.15) is 0 Å². The quantitative estimate of drug-likeness (QED) is 0.388. The zero-order chi connectivity index (χ0) is 22.7. The highest BCUT2D eigenvalue weighted by atomic mass is 16.3. The topological polar surface area (TPSA) is 55.7 Å². The van der Waals surface area contributed by atoms with Gasteiger partial charge < -0.3 is 15.5 Å². The van der Waals surface area contributed by atoms with Gasteiger partial charge in [0.25, 0.3) is 0 Å². The van der Waals surface area contributed by atoms with Gasteiger partial charge in [-0.3, -0.25) is 4.90 Å². The Bertz CT molecular complexity index is 582. The zero-order valence-electron chi connectivity index (χ0n) is 20.5.